The molecule has 1 atom stereocenters. The van der Waals surface area contributed by atoms with Gasteiger partial charge in [0.25, 0.3) is 0 Å². The third-order valence-electron chi connectivity index (χ3n) is 4.46. The molecule has 2 aliphatic rings. The summed E-state index contributed by atoms with van der Waals surface area (Å²) in [6.07, 6.45) is 1.48. The lowest BCUT2D eigenvalue weighted by Crippen LogP contribution is -2.50. The summed E-state index contributed by atoms with van der Waals surface area (Å²) in [5.74, 6) is -1.38. The number of carboxylic acid groups (broad SMARTS) is 1. The molecule has 0 saturated carbocycles. The molecular weight excluding hydrogens is 300 g/mol. The first-order valence-corrected chi connectivity index (χ1v) is 7.60. The Labute approximate surface area is 134 Å². The average Bonchev–Trinajstić information content (AvgIpc) is 2.74. The number of rotatable bonds is 3. The van der Waals surface area contributed by atoms with Crippen molar-refractivity contribution in [3.8, 4) is 5.75 Å². The van der Waals surface area contributed by atoms with Gasteiger partial charge in [0.2, 0.25) is 0 Å². The molecule has 0 bridgehead atoms. The fourth-order valence-electron chi connectivity index (χ4n) is 3.44. The highest BCUT2D eigenvalue weighted by Gasteiger charge is 2.46. The van der Waals surface area contributed by atoms with Gasteiger partial charge in [-0.05, 0) is 37.1 Å². The Bertz CT molecular complexity index is 647. The number of ether oxygens (including phenoxy) is 1. The molecule has 0 radical (unpaired) electrons. The third kappa shape index (κ3) is 3.10. The van der Waals surface area contributed by atoms with Crippen LogP contribution in [-0.2, 0) is 11.3 Å². The first-order valence-electron chi connectivity index (χ1n) is 7.60. The lowest BCUT2D eigenvalue weighted by atomic mass is 9.92. The van der Waals surface area contributed by atoms with Crippen molar-refractivity contribution in [2.24, 2.45) is 0 Å². The molecule has 2 N–H and O–H groups in total. The van der Waals surface area contributed by atoms with Crippen molar-refractivity contribution < 1.29 is 24.5 Å². The minimum atomic E-state index is -1.15. The first-order chi connectivity index (χ1) is 10.9. The van der Waals surface area contributed by atoms with Crippen LogP contribution in [0, 0.1) is 0 Å². The maximum Gasteiger partial charge on any atom is 0.410 e. The van der Waals surface area contributed by atoms with E-state index >= 15 is 0 Å². The number of likely N-dealkylation sites (N-methyl/N-ethyl adjacent to an activating group) is 1. The second kappa shape index (κ2) is 5.73. The summed E-state index contributed by atoms with van der Waals surface area (Å²) in [6, 6.07) is 4.61. The van der Waals surface area contributed by atoms with Gasteiger partial charge >= 0.3 is 12.1 Å². The Hall–Kier alpha value is -2.28. The number of phenols is 1. The summed E-state index contributed by atoms with van der Waals surface area (Å²) in [7, 11) is 1.73. The largest absolute Gasteiger partial charge is 0.507 e. The lowest BCUT2D eigenvalue weighted by Gasteiger charge is -2.38. The smallest absolute Gasteiger partial charge is 0.410 e. The van der Waals surface area contributed by atoms with Crippen LogP contribution in [0.1, 0.15) is 28.8 Å². The van der Waals surface area contributed by atoms with Crippen LogP contribution in [0.25, 0.3) is 0 Å². The van der Waals surface area contributed by atoms with Gasteiger partial charge in [0.15, 0.2) is 0 Å². The van der Waals surface area contributed by atoms with Gasteiger partial charge < -0.3 is 19.8 Å². The second-order valence-corrected chi connectivity index (χ2v) is 6.38. The normalized spacial score (nSPS) is 24.9. The summed E-state index contributed by atoms with van der Waals surface area (Å²) in [6.45, 7) is 2.64. The number of carboxylic acids is 1. The van der Waals surface area contributed by atoms with E-state index in [-0.39, 0.29) is 17.4 Å². The minimum absolute atomic E-state index is 0.0961. The Balaban J connectivity index is 1.72. The zero-order valence-electron chi connectivity index (χ0n) is 13.0. The van der Waals surface area contributed by atoms with Gasteiger partial charge in [0.05, 0.1) is 6.54 Å². The maximum absolute atomic E-state index is 11.7. The second-order valence-electron chi connectivity index (χ2n) is 6.38. The molecule has 7 nitrogen and oxygen atoms in total. The molecule has 0 aromatic heterocycles. The highest BCUT2D eigenvalue weighted by molar-refractivity contribution is 5.90. The van der Waals surface area contributed by atoms with Crippen LogP contribution in [0.3, 0.4) is 0 Å². The van der Waals surface area contributed by atoms with Gasteiger partial charge in [0.1, 0.15) is 16.9 Å². The molecule has 1 amide bonds. The molecule has 2 heterocycles. The highest BCUT2D eigenvalue weighted by Crippen LogP contribution is 2.32. The van der Waals surface area contributed by atoms with Crippen molar-refractivity contribution in [1.82, 2.24) is 9.80 Å². The number of aromatic carboxylic acids is 1. The van der Waals surface area contributed by atoms with Crippen molar-refractivity contribution in [3.63, 3.8) is 0 Å². The SMILES string of the molecule is CN1C[C@@]2(CCCN(Cc3ccc(O)c(C(=O)O)c3)C2)OC1=O. The summed E-state index contributed by atoms with van der Waals surface area (Å²) < 4.78 is 5.56. The van der Waals surface area contributed by atoms with Crippen LogP contribution in [0.2, 0.25) is 0 Å². The number of aromatic hydroxyl groups is 1. The lowest BCUT2D eigenvalue weighted by molar-refractivity contribution is -0.0113. The number of benzene rings is 1. The molecule has 2 fully saturated rings. The Morgan fingerprint density at radius 2 is 2.17 bits per heavy atom. The number of likely N-dealkylation sites (tertiary alicyclic amines) is 1. The molecule has 7 heteroatoms. The van der Waals surface area contributed by atoms with Crippen LogP contribution >= 0.6 is 0 Å². The average molecular weight is 320 g/mol. The zero-order valence-corrected chi connectivity index (χ0v) is 13.0. The first kappa shape index (κ1) is 15.6. The predicted octanol–water partition coefficient (Wildman–Crippen LogP) is 1.51. The van der Waals surface area contributed by atoms with Crippen LogP contribution in [0.5, 0.6) is 5.75 Å². The number of hydrogen-bond acceptors (Lipinski definition) is 5. The zero-order chi connectivity index (χ0) is 16.6. The van der Waals surface area contributed by atoms with E-state index in [2.05, 4.69) is 4.90 Å². The molecule has 3 rings (SSSR count). The van der Waals surface area contributed by atoms with E-state index < -0.39 is 11.6 Å². The van der Waals surface area contributed by atoms with E-state index in [0.29, 0.717) is 19.6 Å². The number of nitrogens with zero attached hydrogens (tertiary/aromatic N) is 2. The molecule has 0 aliphatic carbocycles. The topological polar surface area (TPSA) is 90.3 Å². The number of carbonyl (C=O) groups is 2. The van der Waals surface area contributed by atoms with Gasteiger partial charge in [0, 0.05) is 20.1 Å². The molecule has 2 aliphatic heterocycles. The van der Waals surface area contributed by atoms with Crippen molar-refractivity contribution >= 4 is 12.1 Å². The van der Waals surface area contributed by atoms with Gasteiger partial charge in [-0.15, -0.1) is 0 Å². The summed E-state index contributed by atoms with van der Waals surface area (Å²) in [5, 5.41) is 18.7. The van der Waals surface area contributed by atoms with Gasteiger partial charge in [-0.25, -0.2) is 9.59 Å². The Kier molecular flexibility index (Phi) is 3.89. The van der Waals surface area contributed by atoms with E-state index in [1.807, 2.05) is 0 Å². The summed E-state index contributed by atoms with van der Waals surface area (Å²) in [4.78, 5) is 26.5. The monoisotopic (exact) mass is 320 g/mol. The molecule has 1 aromatic carbocycles. The van der Waals surface area contributed by atoms with Crippen molar-refractivity contribution in [2.45, 2.75) is 25.0 Å². The van der Waals surface area contributed by atoms with Gasteiger partial charge in [-0.3, -0.25) is 4.90 Å². The number of amides is 1. The molecule has 2 saturated heterocycles. The third-order valence-corrected chi connectivity index (χ3v) is 4.46. The minimum Gasteiger partial charge on any atom is -0.507 e. The molecule has 1 spiro atoms. The van der Waals surface area contributed by atoms with Crippen molar-refractivity contribution in [3.05, 3.63) is 29.3 Å². The van der Waals surface area contributed by atoms with Crippen LogP contribution in [0.15, 0.2) is 18.2 Å². The van der Waals surface area contributed by atoms with E-state index in [4.69, 9.17) is 9.84 Å². The Morgan fingerprint density at radius 3 is 2.83 bits per heavy atom. The molecular formula is C16H20N2O5. The van der Waals surface area contributed by atoms with Gasteiger partial charge in [-0.2, -0.15) is 0 Å². The van der Waals surface area contributed by atoms with Crippen molar-refractivity contribution in [2.75, 3.05) is 26.7 Å². The molecule has 0 unspecified atom stereocenters. The molecule has 124 valence electrons. The standard InChI is InChI=1S/C16H20N2O5/c1-17-9-16(23-15(17)22)5-2-6-18(10-16)8-11-3-4-13(19)12(7-11)14(20)21/h3-4,7,19H,2,5-6,8-10H2,1H3,(H,20,21)/t16-/m1/s1. The number of carbonyl (C=O) groups excluding carboxylic acids is 1. The number of piperidine rings is 1. The predicted molar refractivity (Wildman–Crippen MR) is 81.4 cm³/mol. The maximum atomic E-state index is 11.7. The van der Waals surface area contributed by atoms with E-state index in [1.165, 1.54) is 12.1 Å². The molecule has 1 aromatic rings. The van der Waals surface area contributed by atoms with E-state index in [9.17, 15) is 14.7 Å². The van der Waals surface area contributed by atoms with E-state index in [1.54, 1.807) is 18.0 Å². The summed E-state index contributed by atoms with van der Waals surface area (Å²) in [5.41, 5.74) is 0.257. The van der Waals surface area contributed by atoms with Crippen LogP contribution < -0.4 is 0 Å². The fraction of sp³-hybridized carbons (Fsp3) is 0.500. The Morgan fingerprint density at radius 1 is 1.39 bits per heavy atom. The van der Waals surface area contributed by atoms with Crippen LogP contribution in [-0.4, -0.2) is 64.4 Å². The van der Waals surface area contributed by atoms with Crippen LogP contribution in [0.4, 0.5) is 4.79 Å². The van der Waals surface area contributed by atoms with Gasteiger partial charge in [-0.1, -0.05) is 6.07 Å². The number of hydrogen-bond donors (Lipinski definition) is 2. The molecule has 23 heavy (non-hydrogen) atoms. The fourth-order valence-corrected chi connectivity index (χ4v) is 3.44. The quantitative estimate of drug-likeness (QED) is 0.877. The highest BCUT2D eigenvalue weighted by atomic mass is 16.6. The van der Waals surface area contributed by atoms with Crippen molar-refractivity contribution in [1.29, 1.82) is 0 Å². The van der Waals surface area contributed by atoms with E-state index in [0.717, 1.165) is 24.9 Å². The summed E-state index contributed by atoms with van der Waals surface area (Å²) >= 11 is 0.